The van der Waals surface area contributed by atoms with Crippen molar-refractivity contribution in [1.82, 2.24) is 5.32 Å². The molecule has 0 atom stereocenters. The second-order valence-corrected chi connectivity index (χ2v) is 3.72. The molecular weight excluding hydrogens is 154 g/mol. The molecule has 1 N–H and O–H groups in total. The van der Waals surface area contributed by atoms with Crippen LogP contribution in [0.3, 0.4) is 0 Å². The smallest absolute Gasteiger partial charge is 0.0270 e. The Morgan fingerprint density at radius 3 is 3.18 bits per heavy atom. The van der Waals surface area contributed by atoms with E-state index in [9.17, 15) is 0 Å². The lowest BCUT2D eigenvalue weighted by Gasteiger charge is -1.90. The predicted molar refractivity (Wildman–Crippen MR) is 49.8 cm³/mol. The maximum absolute atomic E-state index is 3.32. The maximum atomic E-state index is 3.32. The molecule has 11 heavy (non-hydrogen) atoms. The van der Waals surface area contributed by atoms with Crippen LogP contribution in [0.5, 0.6) is 0 Å². The van der Waals surface area contributed by atoms with Crippen LogP contribution in [0.25, 0.3) is 6.08 Å². The first-order chi connectivity index (χ1) is 5.45. The van der Waals surface area contributed by atoms with Crippen LogP contribution >= 0.6 is 11.3 Å². The number of hydrogen-bond donors (Lipinski definition) is 1. The zero-order valence-corrected chi connectivity index (χ0v) is 7.16. The summed E-state index contributed by atoms with van der Waals surface area (Å²) in [6.07, 6.45) is 3.52. The van der Waals surface area contributed by atoms with E-state index >= 15 is 0 Å². The first kappa shape index (κ1) is 7.07. The molecule has 1 aromatic rings. The number of nitrogens with one attached hydrogen (secondary N) is 1. The largest absolute Gasteiger partial charge is 0.313 e. The van der Waals surface area contributed by atoms with Crippen LogP contribution in [0.2, 0.25) is 0 Å². The van der Waals surface area contributed by atoms with Gasteiger partial charge in [0, 0.05) is 11.4 Å². The summed E-state index contributed by atoms with van der Waals surface area (Å²) in [5.41, 5.74) is 1.53. The summed E-state index contributed by atoms with van der Waals surface area (Å²) < 4.78 is 0. The minimum absolute atomic E-state index is 1.08. The molecule has 0 spiro atoms. The molecule has 1 nitrogen and oxygen atoms in total. The average Bonchev–Trinajstić information content (AvgIpc) is 2.60. The SMILES string of the molecule is C(=C1CCNC1)c1cccs1. The summed E-state index contributed by atoms with van der Waals surface area (Å²) in [5.74, 6) is 0. The molecule has 0 bridgehead atoms. The van der Waals surface area contributed by atoms with Gasteiger partial charge in [-0.3, -0.25) is 0 Å². The van der Waals surface area contributed by atoms with E-state index in [0.717, 1.165) is 13.1 Å². The highest BCUT2D eigenvalue weighted by Gasteiger charge is 2.04. The van der Waals surface area contributed by atoms with Gasteiger partial charge in [0.1, 0.15) is 0 Å². The van der Waals surface area contributed by atoms with Gasteiger partial charge in [0.05, 0.1) is 0 Å². The van der Waals surface area contributed by atoms with E-state index in [2.05, 4.69) is 28.9 Å². The van der Waals surface area contributed by atoms with Crippen molar-refractivity contribution in [3.8, 4) is 0 Å². The lowest BCUT2D eigenvalue weighted by atomic mass is 10.2. The van der Waals surface area contributed by atoms with E-state index in [1.165, 1.54) is 16.9 Å². The number of rotatable bonds is 1. The molecular formula is C9H11NS. The summed E-state index contributed by atoms with van der Waals surface area (Å²) in [4.78, 5) is 1.38. The standard InChI is InChI=1S/C9H11NS/c1-2-9(11-5-1)6-8-3-4-10-7-8/h1-2,5-6,10H,3-4,7H2. The van der Waals surface area contributed by atoms with Gasteiger partial charge in [-0.25, -0.2) is 0 Å². The summed E-state index contributed by atoms with van der Waals surface area (Å²) in [6, 6.07) is 4.26. The molecule has 1 fully saturated rings. The quantitative estimate of drug-likeness (QED) is 0.672. The van der Waals surface area contributed by atoms with Crippen molar-refractivity contribution in [2.75, 3.05) is 13.1 Å². The number of hydrogen-bond acceptors (Lipinski definition) is 2. The van der Waals surface area contributed by atoms with Crippen LogP contribution in [-0.2, 0) is 0 Å². The van der Waals surface area contributed by atoms with E-state index in [1.54, 1.807) is 11.3 Å². The second-order valence-electron chi connectivity index (χ2n) is 2.74. The Morgan fingerprint density at radius 1 is 1.55 bits per heavy atom. The van der Waals surface area contributed by atoms with Crippen LogP contribution < -0.4 is 5.32 Å². The van der Waals surface area contributed by atoms with Crippen LogP contribution in [-0.4, -0.2) is 13.1 Å². The topological polar surface area (TPSA) is 12.0 Å². The van der Waals surface area contributed by atoms with E-state index in [4.69, 9.17) is 0 Å². The van der Waals surface area contributed by atoms with E-state index < -0.39 is 0 Å². The fourth-order valence-corrected chi connectivity index (χ4v) is 1.99. The molecule has 2 rings (SSSR count). The van der Waals surface area contributed by atoms with Crippen molar-refractivity contribution in [2.45, 2.75) is 6.42 Å². The highest BCUT2D eigenvalue weighted by Crippen LogP contribution is 2.16. The molecule has 1 aliphatic heterocycles. The molecule has 1 aliphatic rings. The third-order valence-electron chi connectivity index (χ3n) is 1.86. The molecule has 0 aromatic carbocycles. The molecule has 0 radical (unpaired) electrons. The Morgan fingerprint density at radius 2 is 2.55 bits per heavy atom. The lowest BCUT2D eigenvalue weighted by molar-refractivity contribution is 0.862. The van der Waals surface area contributed by atoms with Crippen molar-refractivity contribution in [2.24, 2.45) is 0 Å². The zero-order chi connectivity index (χ0) is 7.52. The highest BCUT2D eigenvalue weighted by molar-refractivity contribution is 7.10. The molecule has 1 aromatic heterocycles. The van der Waals surface area contributed by atoms with Gasteiger partial charge < -0.3 is 5.32 Å². The Labute approximate surface area is 70.8 Å². The Balaban J connectivity index is 2.13. The Kier molecular flexibility index (Phi) is 2.06. The molecule has 0 aliphatic carbocycles. The summed E-state index contributed by atoms with van der Waals surface area (Å²) >= 11 is 1.81. The average molecular weight is 165 g/mol. The van der Waals surface area contributed by atoms with E-state index in [0.29, 0.717) is 0 Å². The van der Waals surface area contributed by atoms with Gasteiger partial charge in [0.15, 0.2) is 0 Å². The van der Waals surface area contributed by atoms with Crippen molar-refractivity contribution < 1.29 is 0 Å². The Bertz CT molecular complexity index is 241. The van der Waals surface area contributed by atoms with Gasteiger partial charge in [-0.1, -0.05) is 11.6 Å². The van der Waals surface area contributed by atoms with Crippen molar-refractivity contribution >= 4 is 17.4 Å². The first-order valence-electron chi connectivity index (χ1n) is 3.89. The third-order valence-corrected chi connectivity index (χ3v) is 2.68. The lowest BCUT2D eigenvalue weighted by Crippen LogP contribution is -2.04. The minimum Gasteiger partial charge on any atom is -0.313 e. The van der Waals surface area contributed by atoms with Gasteiger partial charge in [-0.05, 0) is 30.5 Å². The summed E-state index contributed by atoms with van der Waals surface area (Å²) in [7, 11) is 0. The molecule has 0 unspecified atom stereocenters. The Hall–Kier alpha value is -0.600. The molecule has 0 amide bonds. The fraction of sp³-hybridized carbons (Fsp3) is 0.333. The molecule has 2 heterocycles. The van der Waals surface area contributed by atoms with Gasteiger partial charge in [0.2, 0.25) is 0 Å². The fourth-order valence-electron chi connectivity index (χ4n) is 1.28. The van der Waals surface area contributed by atoms with Crippen molar-refractivity contribution in [1.29, 1.82) is 0 Å². The zero-order valence-electron chi connectivity index (χ0n) is 6.34. The van der Waals surface area contributed by atoms with Crippen molar-refractivity contribution in [3.63, 3.8) is 0 Å². The van der Waals surface area contributed by atoms with Gasteiger partial charge in [-0.15, -0.1) is 11.3 Å². The van der Waals surface area contributed by atoms with E-state index in [1.807, 2.05) is 0 Å². The maximum Gasteiger partial charge on any atom is 0.0270 e. The molecule has 58 valence electrons. The number of thiophene rings is 1. The van der Waals surface area contributed by atoms with Crippen molar-refractivity contribution in [3.05, 3.63) is 28.0 Å². The molecule has 0 saturated carbocycles. The second kappa shape index (κ2) is 3.20. The third kappa shape index (κ3) is 1.70. The van der Waals surface area contributed by atoms with Crippen LogP contribution in [0.15, 0.2) is 23.1 Å². The van der Waals surface area contributed by atoms with Gasteiger partial charge in [0.25, 0.3) is 0 Å². The summed E-state index contributed by atoms with van der Waals surface area (Å²) in [6.45, 7) is 2.23. The molecule has 2 heteroatoms. The first-order valence-corrected chi connectivity index (χ1v) is 4.77. The van der Waals surface area contributed by atoms with Gasteiger partial charge >= 0.3 is 0 Å². The van der Waals surface area contributed by atoms with E-state index in [-0.39, 0.29) is 0 Å². The predicted octanol–water partition coefficient (Wildman–Crippen LogP) is 2.12. The normalized spacial score (nSPS) is 21.3. The van der Waals surface area contributed by atoms with Crippen LogP contribution in [0, 0.1) is 0 Å². The minimum atomic E-state index is 1.08. The highest BCUT2D eigenvalue weighted by atomic mass is 32.1. The monoisotopic (exact) mass is 165 g/mol. The van der Waals surface area contributed by atoms with Crippen LogP contribution in [0.4, 0.5) is 0 Å². The summed E-state index contributed by atoms with van der Waals surface area (Å²) in [5, 5.41) is 5.44. The van der Waals surface area contributed by atoms with Crippen LogP contribution in [0.1, 0.15) is 11.3 Å². The molecule has 1 saturated heterocycles. The van der Waals surface area contributed by atoms with Gasteiger partial charge in [-0.2, -0.15) is 0 Å².